The SMILES string of the molecule is O=C(c1cn(Cc2ccccc2)nc1-c1ccccc1)N1CCN(c2ncccn2)CC1. The van der Waals surface area contributed by atoms with Crippen LogP contribution in [0, 0.1) is 0 Å². The van der Waals surface area contributed by atoms with Crippen LogP contribution in [-0.4, -0.2) is 56.7 Å². The molecule has 1 fully saturated rings. The lowest BCUT2D eigenvalue weighted by atomic mass is 10.1. The molecular weight excluding hydrogens is 400 g/mol. The van der Waals surface area contributed by atoms with E-state index in [9.17, 15) is 4.79 Å². The van der Waals surface area contributed by atoms with Crippen LogP contribution in [0.25, 0.3) is 11.3 Å². The number of hydrogen-bond acceptors (Lipinski definition) is 5. The summed E-state index contributed by atoms with van der Waals surface area (Å²) in [6, 6.07) is 21.9. The topological polar surface area (TPSA) is 67.2 Å². The summed E-state index contributed by atoms with van der Waals surface area (Å²) in [5.41, 5.74) is 3.45. The maximum absolute atomic E-state index is 13.5. The Morgan fingerprint density at radius 1 is 0.812 bits per heavy atom. The van der Waals surface area contributed by atoms with Gasteiger partial charge in [-0.25, -0.2) is 9.97 Å². The fourth-order valence-electron chi connectivity index (χ4n) is 3.97. The second kappa shape index (κ2) is 9.01. The molecule has 1 aliphatic heterocycles. The van der Waals surface area contributed by atoms with E-state index in [1.807, 2.05) is 70.4 Å². The van der Waals surface area contributed by atoms with E-state index in [-0.39, 0.29) is 5.91 Å². The molecular formula is C25H24N6O. The van der Waals surface area contributed by atoms with Crippen molar-refractivity contribution < 1.29 is 4.79 Å². The molecule has 1 aliphatic rings. The molecule has 32 heavy (non-hydrogen) atoms. The van der Waals surface area contributed by atoms with Gasteiger partial charge >= 0.3 is 0 Å². The Labute approximate surface area is 187 Å². The lowest BCUT2D eigenvalue weighted by Gasteiger charge is -2.34. The second-order valence-corrected chi connectivity index (χ2v) is 7.77. The highest BCUT2D eigenvalue weighted by molar-refractivity contribution is 6.00. The molecule has 1 saturated heterocycles. The smallest absolute Gasteiger partial charge is 0.257 e. The summed E-state index contributed by atoms with van der Waals surface area (Å²) in [6.45, 7) is 3.26. The Morgan fingerprint density at radius 3 is 2.16 bits per heavy atom. The zero-order chi connectivity index (χ0) is 21.8. The Morgan fingerprint density at radius 2 is 1.47 bits per heavy atom. The van der Waals surface area contributed by atoms with Crippen molar-refractivity contribution in [2.75, 3.05) is 31.1 Å². The number of amides is 1. The Balaban J connectivity index is 1.38. The molecule has 4 aromatic rings. The van der Waals surface area contributed by atoms with Gasteiger partial charge in [-0.1, -0.05) is 60.7 Å². The maximum atomic E-state index is 13.5. The van der Waals surface area contributed by atoms with Gasteiger partial charge in [0.1, 0.15) is 5.69 Å². The number of aromatic nitrogens is 4. The lowest BCUT2D eigenvalue weighted by molar-refractivity contribution is 0.0747. The summed E-state index contributed by atoms with van der Waals surface area (Å²) >= 11 is 0. The third kappa shape index (κ3) is 4.23. The van der Waals surface area contributed by atoms with Gasteiger partial charge in [-0.3, -0.25) is 9.48 Å². The van der Waals surface area contributed by atoms with Crippen molar-refractivity contribution in [2.24, 2.45) is 0 Å². The summed E-state index contributed by atoms with van der Waals surface area (Å²) in [5, 5.41) is 4.79. The van der Waals surface area contributed by atoms with E-state index in [1.165, 1.54) is 0 Å². The van der Waals surface area contributed by atoms with E-state index in [1.54, 1.807) is 12.4 Å². The van der Waals surface area contributed by atoms with Crippen molar-refractivity contribution in [3.63, 3.8) is 0 Å². The molecule has 5 rings (SSSR count). The first-order valence-electron chi connectivity index (χ1n) is 10.8. The fourth-order valence-corrected chi connectivity index (χ4v) is 3.97. The molecule has 3 heterocycles. The average Bonchev–Trinajstić information content (AvgIpc) is 3.29. The molecule has 2 aromatic heterocycles. The maximum Gasteiger partial charge on any atom is 0.257 e. The molecule has 160 valence electrons. The van der Waals surface area contributed by atoms with Crippen LogP contribution in [0.3, 0.4) is 0 Å². The van der Waals surface area contributed by atoms with Crippen molar-refractivity contribution in [1.82, 2.24) is 24.6 Å². The number of piperazine rings is 1. The standard InChI is InChI=1S/C25H24N6O/c32-24(29-14-16-30(17-15-29)25-26-12-7-13-27-25)22-19-31(18-20-8-3-1-4-9-20)28-23(22)21-10-5-2-6-11-21/h1-13,19H,14-18H2. The van der Waals surface area contributed by atoms with Gasteiger partial charge in [-0.15, -0.1) is 0 Å². The fraction of sp³-hybridized carbons (Fsp3) is 0.200. The van der Waals surface area contributed by atoms with Crippen molar-refractivity contribution >= 4 is 11.9 Å². The molecule has 0 aliphatic carbocycles. The summed E-state index contributed by atoms with van der Waals surface area (Å²) in [6.07, 6.45) is 5.37. The van der Waals surface area contributed by atoms with Crippen LogP contribution in [0.5, 0.6) is 0 Å². The van der Waals surface area contributed by atoms with Gasteiger partial charge in [0.05, 0.1) is 12.1 Å². The van der Waals surface area contributed by atoms with Gasteiger partial charge in [-0.2, -0.15) is 5.10 Å². The molecule has 1 amide bonds. The first-order chi connectivity index (χ1) is 15.8. The molecule has 0 radical (unpaired) electrons. The van der Waals surface area contributed by atoms with Crippen LogP contribution in [0.1, 0.15) is 15.9 Å². The van der Waals surface area contributed by atoms with Gasteiger partial charge < -0.3 is 9.80 Å². The van der Waals surface area contributed by atoms with Crippen LogP contribution in [0.2, 0.25) is 0 Å². The third-order valence-corrected chi connectivity index (χ3v) is 5.63. The summed E-state index contributed by atoms with van der Waals surface area (Å²) < 4.78 is 1.86. The molecule has 0 bridgehead atoms. The average molecular weight is 425 g/mol. The highest BCUT2D eigenvalue weighted by Crippen LogP contribution is 2.24. The van der Waals surface area contributed by atoms with E-state index >= 15 is 0 Å². The molecule has 0 atom stereocenters. The van der Waals surface area contributed by atoms with Gasteiger partial charge in [0.2, 0.25) is 5.95 Å². The number of carbonyl (C=O) groups is 1. The summed E-state index contributed by atoms with van der Waals surface area (Å²) in [7, 11) is 0. The van der Waals surface area contributed by atoms with Gasteiger partial charge in [0.15, 0.2) is 0 Å². The van der Waals surface area contributed by atoms with E-state index in [0.717, 1.165) is 16.8 Å². The predicted molar refractivity (Wildman–Crippen MR) is 123 cm³/mol. The van der Waals surface area contributed by atoms with Crippen molar-refractivity contribution in [3.8, 4) is 11.3 Å². The first-order valence-corrected chi connectivity index (χ1v) is 10.8. The van der Waals surface area contributed by atoms with Crippen molar-refractivity contribution in [3.05, 3.63) is 96.4 Å². The monoisotopic (exact) mass is 424 g/mol. The highest BCUT2D eigenvalue weighted by atomic mass is 16.2. The zero-order valence-corrected chi connectivity index (χ0v) is 17.7. The van der Waals surface area contributed by atoms with Crippen molar-refractivity contribution in [1.29, 1.82) is 0 Å². The zero-order valence-electron chi connectivity index (χ0n) is 17.7. The highest BCUT2D eigenvalue weighted by Gasteiger charge is 2.27. The van der Waals surface area contributed by atoms with Crippen LogP contribution >= 0.6 is 0 Å². The Bertz CT molecular complexity index is 1170. The molecule has 7 heteroatoms. The van der Waals surface area contributed by atoms with E-state index in [0.29, 0.717) is 44.2 Å². The Kier molecular flexibility index (Phi) is 5.61. The number of rotatable bonds is 5. The molecule has 7 nitrogen and oxygen atoms in total. The van der Waals surface area contributed by atoms with E-state index < -0.39 is 0 Å². The van der Waals surface area contributed by atoms with Gasteiger partial charge in [0.25, 0.3) is 5.91 Å². The molecule has 0 N–H and O–H groups in total. The number of hydrogen-bond donors (Lipinski definition) is 0. The number of carbonyl (C=O) groups excluding carboxylic acids is 1. The van der Waals surface area contributed by atoms with E-state index in [2.05, 4.69) is 27.0 Å². The first kappa shape index (κ1) is 19.9. The van der Waals surface area contributed by atoms with E-state index in [4.69, 9.17) is 5.10 Å². The largest absolute Gasteiger partial charge is 0.337 e. The van der Waals surface area contributed by atoms with Gasteiger partial charge in [-0.05, 0) is 11.6 Å². The normalized spacial score (nSPS) is 13.9. The van der Waals surface area contributed by atoms with Gasteiger partial charge in [0, 0.05) is 50.3 Å². The summed E-state index contributed by atoms with van der Waals surface area (Å²) in [5.74, 6) is 0.719. The van der Waals surface area contributed by atoms with Crippen molar-refractivity contribution in [2.45, 2.75) is 6.54 Å². The lowest BCUT2D eigenvalue weighted by Crippen LogP contribution is -2.49. The minimum atomic E-state index is 0.0109. The molecule has 0 unspecified atom stereocenters. The van der Waals surface area contributed by atoms with Crippen LogP contribution < -0.4 is 4.90 Å². The number of benzene rings is 2. The second-order valence-electron chi connectivity index (χ2n) is 7.77. The minimum absolute atomic E-state index is 0.0109. The van der Waals surface area contributed by atoms with Crippen LogP contribution in [0.15, 0.2) is 85.3 Å². The third-order valence-electron chi connectivity index (χ3n) is 5.63. The van der Waals surface area contributed by atoms with Crippen LogP contribution in [-0.2, 0) is 6.54 Å². The molecule has 2 aromatic carbocycles. The quantitative estimate of drug-likeness (QED) is 0.492. The number of nitrogens with zero attached hydrogens (tertiary/aromatic N) is 6. The minimum Gasteiger partial charge on any atom is -0.337 e. The molecule has 0 saturated carbocycles. The molecule has 0 spiro atoms. The summed E-state index contributed by atoms with van der Waals surface area (Å²) in [4.78, 5) is 26.2. The Hall–Kier alpha value is -4.00. The predicted octanol–water partition coefficient (Wildman–Crippen LogP) is 3.35. The number of anilines is 1. The van der Waals surface area contributed by atoms with Crippen LogP contribution in [0.4, 0.5) is 5.95 Å².